The molecule has 0 N–H and O–H groups in total. The van der Waals surface area contributed by atoms with Crippen molar-refractivity contribution in [1.29, 1.82) is 0 Å². The van der Waals surface area contributed by atoms with Crippen molar-refractivity contribution >= 4 is 93.5 Å². The van der Waals surface area contributed by atoms with Gasteiger partial charge in [-0.25, -0.2) is 0 Å². The molecule has 0 spiro atoms. The first kappa shape index (κ1) is 53.9. The number of hydrogen-bond donors (Lipinski definition) is 0. The molecule has 0 aliphatic carbocycles. The minimum absolute atomic E-state index is 0.218. The van der Waals surface area contributed by atoms with Gasteiger partial charge >= 0.3 is 386 Å². The summed E-state index contributed by atoms with van der Waals surface area (Å²) in [6.45, 7) is 60.9. The van der Waals surface area contributed by atoms with Gasteiger partial charge in [0.1, 0.15) is 0 Å². The van der Waals surface area contributed by atoms with Crippen molar-refractivity contribution < 1.29 is 19.1 Å². The zero-order valence-corrected chi connectivity index (χ0v) is 53.0. The van der Waals surface area contributed by atoms with E-state index >= 15 is 4.79 Å². The molecular weight excluding hydrogens is 960 g/mol. The molecule has 4 nitrogen and oxygen atoms in total. The van der Waals surface area contributed by atoms with Crippen LogP contribution in [0.2, 0.25) is 118 Å². The van der Waals surface area contributed by atoms with Gasteiger partial charge in [-0.1, -0.05) is 0 Å². The molecule has 2 aromatic rings. The van der Waals surface area contributed by atoms with Crippen LogP contribution in [0.15, 0.2) is 32.8 Å². The van der Waals surface area contributed by atoms with Crippen LogP contribution in [-0.2, 0) is 19.1 Å². The van der Waals surface area contributed by atoms with Gasteiger partial charge < -0.3 is 0 Å². The molecule has 1 heterocycles. The zero-order chi connectivity index (χ0) is 46.8. The van der Waals surface area contributed by atoms with E-state index in [1.54, 1.807) is 16.7 Å². The standard InChI is InChI=1S/C27H59Si6.C15H23.C6H7O4S.Sn/c1-28(2,3)25(29(4,5)6)22-19-23(26(30(7,8)9)31(10,11)12)21-24(20-22)27(32(13,14)15)33(16,17)18;1-10(2)13-7-14(11(3)4)9-15(8-13)12(5)6;1-9-5(7)3-4(11)6(8)10-2;/h19-20,25-27H,1-18H3;7-8,10-12H,1-6H3;11H,1-2H3;/q;;;+1/p-1. The summed E-state index contributed by atoms with van der Waals surface area (Å²) in [7, 11) is -6.49. The summed E-state index contributed by atoms with van der Waals surface area (Å²) in [6, 6.07) is 10.5. The zero-order valence-electron chi connectivity index (χ0n) is 43.3. The molecule has 1 atom stereocenters. The SMILES string of the molecule is COC(=O)C1=[C](C(=O)OC)[Sn]([c]2c(C(C)C)cc(C(C)C)cc2C(C)C)([c]2c(C([Si](C)(C)C)[Si](C)(C)C)cc(C([Si](C)(C)C)[Si](C)(C)C)cc2C([Si](C)(C)C)[Si](C)(C)C)[S]1. The third-order valence-corrected chi connectivity index (χ3v) is 61.2. The van der Waals surface area contributed by atoms with E-state index < -0.39 is 71.4 Å². The van der Waals surface area contributed by atoms with Gasteiger partial charge in [0.15, 0.2) is 0 Å². The van der Waals surface area contributed by atoms with Crippen LogP contribution in [0, 0.1) is 0 Å². The maximum absolute atomic E-state index is 15.1. The number of carbonyl (C=O) groups excluding carboxylic acids is 2. The summed E-state index contributed by atoms with van der Waals surface area (Å²) >= 11 is -4.74. The molecule has 0 saturated carbocycles. The Morgan fingerprint density at radius 2 is 0.750 bits per heavy atom. The molecule has 0 bridgehead atoms. The second-order valence-corrected chi connectivity index (χ2v) is 73.8. The van der Waals surface area contributed by atoms with Crippen molar-refractivity contribution in [3.8, 4) is 0 Å². The van der Waals surface area contributed by atoms with Crippen LogP contribution < -0.4 is 7.16 Å². The fourth-order valence-electron chi connectivity index (χ4n) is 12.3. The predicted molar refractivity (Wildman–Crippen MR) is 287 cm³/mol. The summed E-state index contributed by atoms with van der Waals surface area (Å²) in [4.78, 5) is 29.7. The summed E-state index contributed by atoms with van der Waals surface area (Å²) in [5.74, 6) is 0.0540. The molecule has 12 heteroatoms. The molecule has 60 heavy (non-hydrogen) atoms. The average Bonchev–Trinajstić information content (AvgIpc) is 3.00. The van der Waals surface area contributed by atoms with Crippen LogP contribution in [-0.4, -0.2) is 91.6 Å². The third-order valence-electron chi connectivity index (χ3n) is 12.8. The van der Waals surface area contributed by atoms with Crippen LogP contribution in [0.3, 0.4) is 0 Å². The predicted octanol–water partition coefficient (Wildman–Crippen LogP) is 13.5. The van der Waals surface area contributed by atoms with Crippen molar-refractivity contribution in [1.82, 2.24) is 0 Å². The summed E-state index contributed by atoms with van der Waals surface area (Å²) in [5.41, 5.74) is 8.77. The number of ether oxygens (including phenoxy) is 2. The Hall–Kier alpha value is -0.430. The van der Waals surface area contributed by atoms with Gasteiger partial charge in [-0.3, -0.25) is 0 Å². The Balaban J connectivity index is 3.19. The molecule has 338 valence electrons. The molecule has 0 fully saturated rings. The van der Waals surface area contributed by atoms with Crippen LogP contribution >= 0.6 is 8.95 Å². The maximum atomic E-state index is 15.1. The van der Waals surface area contributed by atoms with E-state index in [1.807, 2.05) is 8.95 Å². The number of carbonyl (C=O) groups is 2. The van der Waals surface area contributed by atoms with E-state index in [-0.39, 0.29) is 17.8 Å². The normalized spacial score (nSPS) is 17.5. The molecule has 0 saturated heterocycles. The molecule has 0 aromatic heterocycles. The molecule has 1 aliphatic heterocycles. The van der Waals surface area contributed by atoms with Gasteiger partial charge in [0.25, 0.3) is 0 Å². The van der Waals surface area contributed by atoms with Crippen molar-refractivity contribution in [2.75, 3.05) is 14.2 Å². The van der Waals surface area contributed by atoms with Gasteiger partial charge in [0, 0.05) is 0 Å². The second kappa shape index (κ2) is 18.5. The van der Waals surface area contributed by atoms with Crippen LogP contribution in [0.4, 0.5) is 0 Å². The Labute approximate surface area is 382 Å². The summed E-state index contributed by atoms with van der Waals surface area (Å²) in [6.07, 6.45) is 0. The Morgan fingerprint density at radius 1 is 0.450 bits per heavy atom. The Kier molecular flexibility index (Phi) is 16.6. The first-order chi connectivity index (χ1) is 26.8. The Bertz CT molecular complexity index is 1840. The topological polar surface area (TPSA) is 52.6 Å². The molecule has 0 radical (unpaired) electrons. The fraction of sp³-hybridized carbons (Fsp3) is 0.667. The van der Waals surface area contributed by atoms with Gasteiger partial charge in [-0.05, 0) is 0 Å². The van der Waals surface area contributed by atoms with Crippen molar-refractivity contribution in [3.05, 3.63) is 66.1 Å². The molecular formula is C48H88O4SSi6Sn. The van der Waals surface area contributed by atoms with E-state index in [4.69, 9.17) is 9.47 Å². The summed E-state index contributed by atoms with van der Waals surface area (Å²) in [5, 5.41) is 1.43. The monoisotopic (exact) mass is 1050 g/mol. The average molecular weight is 1050 g/mol. The number of benzene rings is 2. The third kappa shape index (κ3) is 10.8. The number of esters is 2. The van der Waals surface area contributed by atoms with Crippen LogP contribution in [0.1, 0.15) is 108 Å². The number of methoxy groups -OCH3 is 2. The van der Waals surface area contributed by atoms with E-state index in [0.717, 1.165) is 0 Å². The summed E-state index contributed by atoms with van der Waals surface area (Å²) < 4.78 is 15.2. The van der Waals surface area contributed by atoms with Crippen molar-refractivity contribution in [2.24, 2.45) is 0 Å². The van der Waals surface area contributed by atoms with Gasteiger partial charge in [0.2, 0.25) is 0 Å². The molecule has 3 rings (SSSR count). The minimum atomic E-state index is -4.74. The van der Waals surface area contributed by atoms with E-state index in [9.17, 15) is 4.79 Å². The quantitative estimate of drug-likeness (QED) is 0.124. The van der Waals surface area contributed by atoms with Gasteiger partial charge in [-0.2, -0.15) is 0 Å². The number of hydrogen-bond acceptors (Lipinski definition) is 5. The molecule has 1 unspecified atom stereocenters. The molecule has 1 aliphatic rings. The molecule has 2 aromatic carbocycles. The van der Waals surface area contributed by atoms with Crippen LogP contribution in [0.25, 0.3) is 0 Å². The van der Waals surface area contributed by atoms with E-state index in [2.05, 4.69) is 184 Å². The fourth-order valence-corrected chi connectivity index (χ4v) is 76.4. The number of rotatable bonds is 16. The van der Waals surface area contributed by atoms with E-state index in [1.165, 1.54) is 38.1 Å². The van der Waals surface area contributed by atoms with Crippen LogP contribution in [0.5, 0.6) is 0 Å². The van der Waals surface area contributed by atoms with E-state index in [0.29, 0.717) is 29.9 Å². The molecule has 0 amide bonds. The first-order valence-corrected chi connectivity index (χ1v) is 52.8. The van der Waals surface area contributed by atoms with Gasteiger partial charge in [0.05, 0.1) is 0 Å². The van der Waals surface area contributed by atoms with Crippen molar-refractivity contribution in [2.45, 2.75) is 193 Å². The van der Waals surface area contributed by atoms with Crippen molar-refractivity contribution in [3.63, 3.8) is 0 Å². The second-order valence-electron chi connectivity index (χ2n) is 25.6. The first-order valence-electron chi connectivity index (χ1n) is 22.8. The van der Waals surface area contributed by atoms with Gasteiger partial charge in [-0.15, -0.1) is 0 Å². The Morgan fingerprint density at radius 3 is 1.02 bits per heavy atom.